The first-order valence-electron chi connectivity index (χ1n) is 10.9. The zero-order valence-electron chi connectivity index (χ0n) is 19.1. The number of para-hydroxylation sites is 1. The van der Waals surface area contributed by atoms with Gasteiger partial charge in [0.1, 0.15) is 15.8 Å². The van der Waals surface area contributed by atoms with Crippen LogP contribution < -0.4 is 4.74 Å². The van der Waals surface area contributed by atoms with Gasteiger partial charge in [-0.2, -0.15) is 13.5 Å². The average Bonchev–Trinajstić information content (AvgIpc) is 3.37. The van der Waals surface area contributed by atoms with Crippen molar-refractivity contribution < 1.29 is 22.5 Å². The fourth-order valence-electron chi connectivity index (χ4n) is 3.45. The summed E-state index contributed by atoms with van der Waals surface area (Å²) in [4.78, 5) is 14.5. The first-order chi connectivity index (χ1) is 17.2. The Balaban J connectivity index is 1.73. The van der Waals surface area contributed by atoms with Crippen LogP contribution in [-0.4, -0.2) is 56.8 Å². The van der Waals surface area contributed by atoms with E-state index in [4.69, 9.17) is 38.2 Å². The minimum Gasteiger partial charge on any atom is -0.492 e. The van der Waals surface area contributed by atoms with E-state index in [0.29, 0.717) is 33.5 Å². The van der Waals surface area contributed by atoms with Crippen molar-refractivity contribution in [2.45, 2.75) is 13.3 Å². The van der Waals surface area contributed by atoms with Crippen molar-refractivity contribution in [2.24, 2.45) is 0 Å². The fraction of sp³-hybridized carbons (Fsp3) is 0.208. The Labute approximate surface area is 223 Å². The molecule has 1 N–H and O–H groups in total. The number of nitrogens with zero attached hydrogens (tertiary/aromatic N) is 3. The van der Waals surface area contributed by atoms with Gasteiger partial charge in [-0.3, -0.25) is 14.2 Å². The Kier molecular flexibility index (Phi) is 8.16. The number of hydrogen-bond donors (Lipinski definition) is 1. The molecule has 1 saturated heterocycles. The third kappa shape index (κ3) is 6.16. The molecule has 0 bridgehead atoms. The first kappa shape index (κ1) is 26.4. The molecule has 8 nitrogen and oxygen atoms in total. The zero-order chi connectivity index (χ0) is 25.9. The highest BCUT2D eigenvalue weighted by atomic mass is 35.5. The monoisotopic (exact) mass is 563 g/mol. The third-order valence-electron chi connectivity index (χ3n) is 5.16. The highest BCUT2D eigenvalue weighted by Gasteiger charge is 2.33. The number of hydrogen-bond acceptors (Lipinski definition) is 7. The van der Waals surface area contributed by atoms with Crippen LogP contribution in [-0.2, 0) is 14.9 Å². The number of carbonyl (C=O) groups is 1. The first-order valence-corrected chi connectivity index (χ1v) is 14.2. The summed E-state index contributed by atoms with van der Waals surface area (Å²) in [6.07, 6.45) is 4.32. The molecular weight excluding hydrogens is 542 g/mol. The third-order valence-corrected chi connectivity index (χ3v) is 7.53. The number of aromatic nitrogens is 2. The van der Waals surface area contributed by atoms with Crippen LogP contribution in [0.1, 0.15) is 18.9 Å². The second-order valence-electron chi connectivity index (χ2n) is 7.83. The maximum Gasteiger partial charge on any atom is 0.266 e. The number of ether oxygens (including phenoxy) is 1. The molecule has 1 aliphatic rings. The summed E-state index contributed by atoms with van der Waals surface area (Å²) in [6.45, 7) is 2.33. The molecule has 4 rings (SSSR count). The van der Waals surface area contributed by atoms with Gasteiger partial charge in [-0.05, 0) is 42.8 Å². The predicted molar refractivity (Wildman–Crippen MR) is 146 cm³/mol. The van der Waals surface area contributed by atoms with Crippen molar-refractivity contribution in [3.63, 3.8) is 0 Å². The summed E-state index contributed by atoms with van der Waals surface area (Å²) in [5.41, 5.74) is 2.79. The number of amides is 1. The quantitative estimate of drug-likeness (QED) is 0.219. The van der Waals surface area contributed by atoms with Crippen molar-refractivity contribution in [2.75, 3.05) is 18.9 Å². The Hall–Kier alpha value is -2.70. The van der Waals surface area contributed by atoms with Crippen LogP contribution in [0.25, 0.3) is 23.0 Å². The minimum atomic E-state index is -4.24. The van der Waals surface area contributed by atoms with Gasteiger partial charge in [0.25, 0.3) is 16.0 Å². The Morgan fingerprint density at radius 3 is 2.64 bits per heavy atom. The second kappa shape index (κ2) is 11.1. The van der Waals surface area contributed by atoms with E-state index in [9.17, 15) is 13.2 Å². The number of rotatable bonds is 9. The Morgan fingerprint density at radius 1 is 1.22 bits per heavy atom. The van der Waals surface area contributed by atoms with Crippen LogP contribution in [0.2, 0.25) is 5.02 Å². The molecule has 12 heteroatoms. The standard InChI is InChI=1S/C24H22ClN3O5S3/c1-2-11-33-20-9-8-16(13-19(20)25)22-17(15-28(26-22)18-6-4-3-5-7-18)14-21-23(29)27(24(34)35-21)10-12-36(30,31)32/h3-9,13-15H,2,10-12H2,1H3,(H,30,31,32). The predicted octanol–water partition coefficient (Wildman–Crippen LogP) is 5.07. The fourth-order valence-corrected chi connectivity index (χ4v) is 5.40. The summed E-state index contributed by atoms with van der Waals surface area (Å²) >= 11 is 12.8. The molecule has 0 saturated carbocycles. The number of halogens is 1. The van der Waals surface area contributed by atoms with Gasteiger partial charge in [0.15, 0.2) is 0 Å². The van der Waals surface area contributed by atoms with Crippen molar-refractivity contribution >= 4 is 62.0 Å². The Bertz CT molecular complexity index is 1440. The molecule has 2 aromatic carbocycles. The number of thiocarbonyl (C=S) groups is 1. The molecule has 1 aromatic heterocycles. The van der Waals surface area contributed by atoms with Crippen LogP contribution in [0.15, 0.2) is 59.6 Å². The average molecular weight is 564 g/mol. The molecule has 0 aliphatic carbocycles. The molecular formula is C24H22ClN3O5S3. The summed E-state index contributed by atoms with van der Waals surface area (Å²) in [5, 5.41) is 5.19. The lowest BCUT2D eigenvalue weighted by Gasteiger charge is -2.12. The number of thioether (sulfide) groups is 1. The van der Waals surface area contributed by atoms with E-state index in [0.717, 1.165) is 34.3 Å². The Morgan fingerprint density at radius 2 is 1.97 bits per heavy atom. The van der Waals surface area contributed by atoms with Gasteiger partial charge >= 0.3 is 0 Å². The maximum atomic E-state index is 13.0. The largest absolute Gasteiger partial charge is 0.492 e. The summed E-state index contributed by atoms with van der Waals surface area (Å²) in [5.74, 6) is -0.464. The van der Waals surface area contributed by atoms with Gasteiger partial charge in [-0.1, -0.05) is 60.7 Å². The molecule has 2 heterocycles. The summed E-state index contributed by atoms with van der Waals surface area (Å²) < 4.78 is 38.9. The lowest BCUT2D eigenvalue weighted by molar-refractivity contribution is -0.121. The molecule has 1 fully saturated rings. The van der Waals surface area contributed by atoms with Crippen molar-refractivity contribution in [3.05, 3.63) is 70.2 Å². The zero-order valence-corrected chi connectivity index (χ0v) is 22.3. The summed E-state index contributed by atoms with van der Waals surface area (Å²) in [6, 6.07) is 14.9. The normalized spacial score (nSPS) is 15.2. The molecule has 3 aromatic rings. The second-order valence-corrected chi connectivity index (χ2v) is 11.5. The van der Waals surface area contributed by atoms with Crippen LogP contribution in [0.4, 0.5) is 0 Å². The molecule has 1 amide bonds. The lowest BCUT2D eigenvalue weighted by atomic mass is 10.1. The highest BCUT2D eigenvalue weighted by Crippen LogP contribution is 2.36. The molecule has 0 spiro atoms. The van der Waals surface area contributed by atoms with Crippen molar-refractivity contribution in [1.82, 2.24) is 14.7 Å². The van der Waals surface area contributed by atoms with E-state index in [-0.39, 0.29) is 10.9 Å². The molecule has 1 aliphatic heterocycles. The van der Waals surface area contributed by atoms with Gasteiger partial charge in [-0.25, -0.2) is 4.68 Å². The molecule has 188 valence electrons. The SMILES string of the molecule is CCCOc1ccc(-c2nn(-c3ccccc3)cc2C=C2SC(=S)N(CCS(=O)(=O)O)C2=O)cc1Cl. The van der Waals surface area contributed by atoms with Crippen LogP contribution in [0, 0.1) is 0 Å². The maximum absolute atomic E-state index is 13.0. The van der Waals surface area contributed by atoms with Crippen molar-refractivity contribution in [1.29, 1.82) is 0 Å². The van der Waals surface area contributed by atoms with Crippen LogP contribution in [0.5, 0.6) is 5.75 Å². The molecule has 0 unspecified atom stereocenters. The van der Waals surface area contributed by atoms with E-state index >= 15 is 0 Å². The van der Waals surface area contributed by atoms with Gasteiger partial charge in [0.05, 0.1) is 28.0 Å². The van der Waals surface area contributed by atoms with Gasteiger partial charge in [-0.15, -0.1) is 0 Å². The van der Waals surface area contributed by atoms with E-state index in [1.165, 1.54) is 0 Å². The van der Waals surface area contributed by atoms with Gasteiger partial charge < -0.3 is 4.74 Å². The molecule has 0 atom stereocenters. The van der Waals surface area contributed by atoms with E-state index in [1.54, 1.807) is 29.1 Å². The topological polar surface area (TPSA) is 102 Å². The lowest BCUT2D eigenvalue weighted by Crippen LogP contribution is -2.32. The van der Waals surface area contributed by atoms with E-state index in [2.05, 4.69) is 0 Å². The van der Waals surface area contributed by atoms with Gasteiger partial charge in [0, 0.05) is 23.9 Å². The van der Waals surface area contributed by atoms with Crippen molar-refractivity contribution in [3.8, 4) is 22.7 Å². The number of benzene rings is 2. The molecule has 36 heavy (non-hydrogen) atoms. The van der Waals surface area contributed by atoms with E-state index in [1.807, 2.05) is 43.3 Å². The summed E-state index contributed by atoms with van der Waals surface area (Å²) in [7, 11) is -4.24. The van der Waals surface area contributed by atoms with E-state index < -0.39 is 21.8 Å². The molecule has 0 radical (unpaired) electrons. The smallest absolute Gasteiger partial charge is 0.266 e. The highest BCUT2D eigenvalue weighted by molar-refractivity contribution is 8.26. The van der Waals surface area contributed by atoms with Crippen LogP contribution in [0.3, 0.4) is 0 Å². The van der Waals surface area contributed by atoms with Gasteiger partial charge in [0.2, 0.25) is 0 Å². The van der Waals surface area contributed by atoms with Crippen LogP contribution >= 0.6 is 35.6 Å². The minimum absolute atomic E-state index is 0.215. The number of carbonyl (C=O) groups excluding carboxylic acids is 1.